The molecule has 5 heterocycles. The zero-order valence-corrected chi connectivity index (χ0v) is 29.6. The quantitative estimate of drug-likeness (QED) is 0.167. The van der Waals surface area contributed by atoms with Crippen LogP contribution in [0.4, 0.5) is 0 Å². The van der Waals surface area contributed by atoms with Gasteiger partial charge in [0.25, 0.3) is 0 Å². The molecule has 7 rings (SSSR count). The first-order valence-electron chi connectivity index (χ1n) is 17.0. The minimum atomic E-state index is -2.33. The first-order chi connectivity index (χ1) is 23.0. The normalized spacial score (nSPS) is 13.7. The van der Waals surface area contributed by atoms with E-state index >= 15 is 0 Å². The maximum atomic E-state index is 8.88. The van der Waals surface area contributed by atoms with Crippen molar-refractivity contribution in [3.63, 3.8) is 0 Å². The van der Waals surface area contributed by atoms with Gasteiger partial charge in [-0.2, -0.15) is 0 Å². The minimum absolute atomic E-state index is 0. The number of thiophene rings is 1. The van der Waals surface area contributed by atoms with Crippen molar-refractivity contribution in [1.29, 1.82) is 0 Å². The predicted molar refractivity (Wildman–Crippen MR) is 184 cm³/mol. The van der Waals surface area contributed by atoms with Crippen LogP contribution >= 0.6 is 11.3 Å². The molecule has 45 heavy (non-hydrogen) atoms. The summed E-state index contributed by atoms with van der Waals surface area (Å²) in [4.78, 5) is 14.2. The second-order valence-corrected chi connectivity index (χ2v) is 13.3. The van der Waals surface area contributed by atoms with Gasteiger partial charge in [0.1, 0.15) is 0 Å². The van der Waals surface area contributed by atoms with E-state index in [1.165, 1.54) is 34.1 Å². The molecule has 6 heteroatoms. The number of hydrogen-bond acceptors (Lipinski definition) is 5. The Morgan fingerprint density at radius 3 is 2.47 bits per heavy atom. The largest absolute Gasteiger partial charge is 0.486 e. The zero-order valence-electron chi connectivity index (χ0n) is 31.3. The van der Waals surface area contributed by atoms with E-state index in [1.54, 1.807) is 18.3 Å². The fraction of sp³-hybridized carbons (Fsp3) is 0.256. The minimum Gasteiger partial charge on any atom is -0.486 e. The molecule has 0 amide bonds. The molecule has 4 nitrogen and oxygen atoms in total. The monoisotopic (exact) mass is 793 g/mol. The number of aryl methyl sites for hydroxylation is 5. The molecule has 1 radical (unpaired) electrons. The zero-order chi connectivity index (χ0) is 35.5. The van der Waals surface area contributed by atoms with Crippen LogP contribution in [0.25, 0.3) is 54.7 Å². The van der Waals surface area contributed by atoms with Crippen molar-refractivity contribution >= 4 is 43.5 Å². The van der Waals surface area contributed by atoms with Crippen LogP contribution in [-0.2, 0) is 26.5 Å². The van der Waals surface area contributed by atoms with Gasteiger partial charge in [-0.25, -0.2) is 4.98 Å². The molecule has 0 N–H and O–H groups in total. The maximum Gasteiger partial charge on any atom is 0.216 e. The fourth-order valence-corrected chi connectivity index (χ4v) is 6.18. The summed E-state index contributed by atoms with van der Waals surface area (Å²) in [5.41, 5.74) is 7.93. The molecule has 0 bridgehead atoms. The number of benzene rings is 2. The van der Waals surface area contributed by atoms with Gasteiger partial charge >= 0.3 is 0 Å². The van der Waals surface area contributed by atoms with E-state index in [4.69, 9.17) is 11.3 Å². The standard InChI is InChI=1S/C25H23N2OS.C14H14N.Ir/c1-14-9-10-18-16-7-6-8-19(22(16)28-24(18)27-14)21-23-17(11-12-26-21)20(15(2)29-23)13-25(3,4)5;1-10-4-6-13(7-5-10)14-8-11(2)12(3)9-15-14;/h6-7,9-12H,13H2,1-5H3;4-6,8-9H,1-3H3;/q2*-1;/i1D3,13D2;;. The summed E-state index contributed by atoms with van der Waals surface area (Å²) in [6.07, 6.45) is 2.06. The first-order valence-corrected chi connectivity index (χ1v) is 15.3. The van der Waals surface area contributed by atoms with E-state index in [2.05, 4.69) is 66.1 Å². The molecule has 231 valence electrons. The van der Waals surface area contributed by atoms with Gasteiger partial charge in [-0.15, -0.1) is 64.9 Å². The number of aromatic nitrogens is 3. The van der Waals surface area contributed by atoms with Crippen molar-refractivity contribution in [2.75, 3.05) is 0 Å². The SMILES string of the molecule is Cc1c[c-]c(-c2cc(C)c(C)cn2)cc1.[2H]C([2H])([2H])c1ccc2c(n1)oc1c(-c3nccc4c(C([2H])([2H])C(C)(C)C)c(C)sc34)[c-]ccc12.[Ir]. The summed E-state index contributed by atoms with van der Waals surface area (Å²) >= 11 is 1.51. The molecule has 0 atom stereocenters. The molecule has 0 spiro atoms. The van der Waals surface area contributed by atoms with Crippen LogP contribution in [0.15, 0.2) is 71.4 Å². The molecule has 0 unspecified atom stereocenters. The molecule has 0 saturated carbocycles. The second kappa shape index (κ2) is 13.0. The average Bonchev–Trinajstić information content (AvgIpc) is 3.59. The molecular formula is C39H37IrN3OS-2. The van der Waals surface area contributed by atoms with Crippen LogP contribution in [0.5, 0.6) is 0 Å². The molecule has 0 aliphatic heterocycles. The Balaban J connectivity index is 0.000000255. The fourth-order valence-electron chi connectivity index (χ4n) is 5.08. The van der Waals surface area contributed by atoms with Crippen LogP contribution < -0.4 is 0 Å². The van der Waals surface area contributed by atoms with Crippen LogP contribution in [0.1, 0.15) is 60.4 Å². The Morgan fingerprint density at radius 2 is 1.76 bits per heavy atom. The number of nitrogens with zero attached hydrogens (tertiary/aromatic N) is 3. The van der Waals surface area contributed by atoms with Gasteiger partial charge in [0, 0.05) is 65.7 Å². The van der Waals surface area contributed by atoms with Gasteiger partial charge in [-0.3, -0.25) is 0 Å². The van der Waals surface area contributed by atoms with Crippen molar-refractivity contribution in [1.82, 2.24) is 15.0 Å². The molecule has 0 aliphatic rings. The smallest absolute Gasteiger partial charge is 0.216 e. The van der Waals surface area contributed by atoms with E-state index in [9.17, 15) is 0 Å². The van der Waals surface area contributed by atoms with Crippen molar-refractivity contribution in [2.45, 2.75) is 61.7 Å². The number of fused-ring (bicyclic) bond motifs is 4. The second-order valence-electron chi connectivity index (χ2n) is 12.1. The van der Waals surface area contributed by atoms with E-state index < -0.39 is 18.6 Å². The third-order valence-corrected chi connectivity index (χ3v) is 8.56. The van der Waals surface area contributed by atoms with Crippen molar-refractivity contribution in [2.24, 2.45) is 5.41 Å². The molecule has 0 saturated heterocycles. The Morgan fingerprint density at radius 1 is 0.933 bits per heavy atom. The van der Waals surface area contributed by atoms with Crippen molar-refractivity contribution in [3.8, 4) is 22.5 Å². The number of furan rings is 1. The summed E-state index contributed by atoms with van der Waals surface area (Å²) in [7, 11) is 0. The van der Waals surface area contributed by atoms with Crippen LogP contribution in [0.3, 0.4) is 0 Å². The topological polar surface area (TPSA) is 51.8 Å². The third kappa shape index (κ3) is 6.79. The Labute approximate surface area is 290 Å². The Hall–Kier alpha value is -3.70. The summed E-state index contributed by atoms with van der Waals surface area (Å²) < 4.78 is 47.7. The summed E-state index contributed by atoms with van der Waals surface area (Å²) in [6, 6.07) is 23.5. The van der Waals surface area contributed by atoms with Gasteiger partial charge in [0.05, 0.1) is 5.58 Å². The molecule has 0 fully saturated rings. The predicted octanol–water partition coefficient (Wildman–Crippen LogP) is 10.7. The van der Waals surface area contributed by atoms with Gasteiger partial charge < -0.3 is 14.4 Å². The van der Waals surface area contributed by atoms with Crippen LogP contribution in [0, 0.1) is 52.1 Å². The van der Waals surface area contributed by atoms with Gasteiger partial charge in [-0.05, 0) is 79.8 Å². The number of hydrogen-bond donors (Lipinski definition) is 0. The Bertz CT molecular complexity index is 2340. The van der Waals surface area contributed by atoms with E-state index in [1.807, 2.05) is 52.1 Å². The van der Waals surface area contributed by atoms with Crippen LogP contribution in [-0.4, -0.2) is 15.0 Å². The molecular weight excluding hydrogens is 751 g/mol. The number of pyridine rings is 3. The van der Waals surface area contributed by atoms with Crippen molar-refractivity contribution < 1.29 is 31.4 Å². The summed E-state index contributed by atoms with van der Waals surface area (Å²) in [6.45, 7) is 11.6. The van der Waals surface area contributed by atoms with Gasteiger partial charge in [-0.1, -0.05) is 50.3 Å². The first kappa shape index (κ1) is 26.5. The average molecular weight is 793 g/mol. The third-order valence-electron chi connectivity index (χ3n) is 7.43. The van der Waals surface area contributed by atoms with E-state index in [0.717, 1.165) is 37.0 Å². The van der Waals surface area contributed by atoms with Gasteiger partial charge in [0.15, 0.2) is 0 Å². The number of rotatable bonds is 3. The maximum absolute atomic E-state index is 8.88. The summed E-state index contributed by atoms with van der Waals surface area (Å²) in [5, 5.41) is 2.35. The van der Waals surface area contributed by atoms with Gasteiger partial charge in [0.2, 0.25) is 5.71 Å². The molecule has 5 aromatic heterocycles. The molecule has 7 aromatic rings. The molecule has 2 aromatic carbocycles. The Kier molecular flexibility index (Phi) is 7.64. The van der Waals surface area contributed by atoms with E-state index in [-0.39, 0.29) is 31.5 Å². The molecule has 0 aliphatic carbocycles. The summed E-state index contributed by atoms with van der Waals surface area (Å²) in [5.74, 6) is 0. The van der Waals surface area contributed by atoms with Crippen LogP contribution in [0.2, 0.25) is 0 Å². The van der Waals surface area contributed by atoms with E-state index in [0.29, 0.717) is 22.4 Å². The van der Waals surface area contributed by atoms with Crippen molar-refractivity contribution in [3.05, 3.63) is 112 Å².